The molecule has 0 atom stereocenters. The van der Waals surface area contributed by atoms with Crippen molar-refractivity contribution in [3.63, 3.8) is 0 Å². The van der Waals surface area contributed by atoms with Gasteiger partial charge in [-0.25, -0.2) is 0 Å². The number of aromatic amines is 1. The number of nitrogens with one attached hydrogen (secondary N) is 1. The molecule has 6 heteroatoms. The van der Waals surface area contributed by atoms with Crippen LogP contribution in [0.4, 0.5) is 0 Å². The zero-order valence-corrected chi connectivity index (χ0v) is 9.45. The summed E-state index contributed by atoms with van der Waals surface area (Å²) in [6.45, 7) is 2.71. The lowest BCUT2D eigenvalue weighted by atomic mass is 10.2. The van der Waals surface area contributed by atoms with Gasteiger partial charge in [-0.05, 0) is 31.3 Å². The largest absolute Gasteiger partial charge is 0.299 e. The van der Waals surface area contributed by atoms with Crippen LogP contribution in [0, 0.1) is 16.1 Å². The molecule has 0 bridgehead atoms. The summed E-state index contributed by atoms with van der Waals surface area (Å²) >= 11 is 5.09. The van der Waals surface area contributed by atoms with Gasteiger partial charge in [0.05, 0.1) is 5.56 Å². The first kappa shape index (κ1) is 10.5. The Balaban J connectivity index is 2.51. The highest BCUT2D eigenvalue weighted by Crippen LogP contribution is 2.14. The molecule has 0 fully saturated rings. The molecule has 16 heavy (non-hydrogen) atoms. The third kappa shape index (κ3) is 1.73. The number of pyridine rings is 1. The Morgan fingerprint density at radius 1 is 1.56 bits per heavy atom. The van der Waals surface area contributed by atoms with Gasteiger partial charge in [-0.15, -0.1) is 0 Å². The average molecular weight is 231 g/mol. The highest BCUT2D eigenvalue weighted by atomic mass is 32.1. The summed E-state index contributed by atoms with van der Waals surface area (Å²) in [4.78, 5) is 4.17. The van der Waals surface area contributed by atoms with Crippen LogP contribution in [-0.4, -0.2) is 19.7 Å². The number of hydrogen-bond acceptors (Lipinski definition) is 4. The van der Waals surface area contributed by atoms with Crippen molar-refractivity contribution in [1.29, 1.82) is 5.26 Å². The Morgan fingerprint density at radius 3 is 2.94 bits per heavy atom. The molecule has 80 valence electrons. The standard InChI is InChI=1S/C10H9N5S/c1-2-15-9(13-14-10(15)16)8-4-3-7(5-11)6-12-8/h3-4,6H,2H2,1H3,(H,14,16). The van der Waals surface area contributed by atoms with E-state index in [2.05, 4.69) is 15.2 Å². The van der Waals surface area contributed by atoms with Gasteiger partial charge in [-0.3, -0.25) is 14.6 Å². The number of H-pyrrole nitrogens is 1. The van der Waals surface area contributed by atoms with Crippen LogP contribution in [-0.2, 0) is 6.54 Å². The molecule has 2 aromatic heterocycles. The number of hydrogen-bond donors (Lipinski definition) is 1. The predicted octanol–water partition coefficient (Wildman–Crippen LogP) is 1.89. The summed E-state index contributed by atoms with van der Waals surface area (Å²) in [5, 5.41) is 15.5. The highest BCUT2D eigenvalue weighted by molar-refractivity contribution is 7.71. The van der Waals surface area contributed by atoms with E-state index in [1.807, 2.05) is 17.6 Å². The quantitative estimate of drug-likeness (QED) is 0.801. The van der Waals surface area contributed by atoms with Gasteiger partial charge >= 0.3 is 0 Å². The minimum atomic E-state index is 0.529. The monoisotopic (exact) mass is 231 g/mol. The molecule has 0 amide bonds. The van der Waals surface area contributed by atoms with E-state index in [4.69, 9.17) is 17.5 Å². The first-order valence-electron chi connectivity index (χ1n) is 4.78. The van der Waals surface area contributed by atoms with Gasteiger partial charge in [0.2, 0.25) is 0 Å². The minimum absolute atomic E-state index is 0.529. The molecule has 1 N–H and O–H groups in total. The van der Waals surface area contributed by atoms with Crippen molar-refractivity contribution in [1.82, 2.24) is 19.7 Å². The first-order chi connectivity index (χ1) is 7.76. The molecular formula is C10H9N5S. The number of rotatable bonds is 2. The Labute approximate surface area is 97.4 Å². The van der Waals surface area contributed by atoms with Gasteiger partial charge in [0.25, 0.3) is 0 Å². The summed E-state index contributed by atoms with van der Waals surface area (Å²) in [6.07, 6.45) is 1.52. The van der Waals surface area contributed by atoms with Crippen LogP contribution in [0.3, 0.4) is 0 Å². The Hall–Kier alpha value is -2.00. The molecule has 0 radical (unpaired) electrons. The van der Waals surface area contributed by atoms with Crippen LogP contribution in [0.5, 0.6) is 0 Å². The van der Waals surface area contributed by atoms with Crippen LogP contribution in [0.25, 0.3) is 11.5 Å². The second-order valence-electron chi connectivity index (χ2n) is 3.14. The summed E-state index contributed by atoms with van der Waals surface area (Å²) in [5.41, 5.74) is 1.23. The molecule has 2 heterocycles. The third-order valence-corrected chi connectivity index (χ3v) is 2.51. The molecule has 5 nitrogen and oxygen atoms in total. The van der Waals surface area contributed by atoms with Gasteiger partial charge in [0.1, 0.15) is 11.8 Å². The van der Waals surface area contributed by atoms with E-state index in [-0.39, 0.29) is 0 Å². The number of nitrogens with zero attached hydrogens (tertiary/aromatic N) is 4. The van der Waals surface area contributed by atoms with Crippen molar-refractivity contribution in [2.45, 2.75) is 13.5 Å². The summed E-state index contributed by atoms with van der Waals surface area (Å²) < 4.78 is 2.42. The van der Waals surface area contributed by atoms with E-state index in [0.717, 1.165) is 6.54 Å². The maximum absolute atomic E-state index is 8.67. The molecule has 0 aromatic carbocycles. The fourth-order valence-electron chi connectivity index (χ4n) is 1.40. The topological polar surface area (TPSA) is 70.3 Å². The van der Waals surface area contributed by atoms with E-state index in [9.17, 15) is 0 Å². The molecule has 0 aliphatic carbocycles. The van der Waals surface area contributed by atoms with Gasteiger partial charge in [0, 0.05) is 12.7 Å². The zero-order chi connectivity index (χ0) is 11.5. The molecule has 2 aromatic rings. The second-order valence-corrected chi connectivity index (χ2v) is 3.53. The molecule has 0 saturated heterocycles. The van der Waals surface area contributed by atoms with E-state index in [0.29, 0.717) is 21.9 Å². The summed E-state index contributed by atoms with van der Waals surface area (Å²) in [5.74, 6) is 0.692. The van der Waals surface area contributed by atoms with E-state index in [1.54, 1.807) is 12.1 Å². The van der Waals surface area contributed by atoms with Crippen molar-refractivity contribution in [3.8, 4) is 17.6 Å². The van der Waals surface area contributed by atoms with E-state index < -0.39 is 0 Å². The lowest BCUT2D eigenvalue weighted by Gasteiger charge is -2.01. The summed E-state index contributed by atoms with van der Waals surface area (Å²) in [7, 11) is 0. The molecule has 0 unspecified atom stereocenters. The predicted molar refractivity (Wildman–Crippen MR) is 61.0 cm³/mol. The fourth-order valence-corrected chi connectivity index (χ4v) is 1.66. The first-order valence-corrected chi connectivity index (χ1v) is 5.18. The van der Waals surface area contributed by atoms with Crippen LogP contribution in [0.2, 0.25) is 0 Å². The fraction of sp³-hybridized carbons (Fsp3) is 0.200. The van der Waals surface area contributed by atoms with E-state index >= 15 is 0 Å². The molecule has 0 saturated carbocycles. The Bertz CT molecular complexity index is 587. The number of nitriles is 1. The minimum Gasteiger partial charge on any atom is -0.299 e. The highest BCUT2D eigenvalue weighted by Gasteiger charge is 2.08. The van der Waals surface area contributed by atoms with E-state index in [1.165, 1.54) is 6.20 Å². The van der Waals surface area contributed by atoms with Crippen LogP contribution < -0.4 is 0 Å². The lowest BCUT2D eigenvalue weighted by Crippen LogP contribution is -1.99. The van der Waals surface area contributed by atoms with Crippen molar-refractivity contribution < 1.29 is 0 Å². The third-order valence-electron chi connectivity index (χ3n) is 2.20. The van der Waals surface area contributed by atoms with Crippen molar-refractivity contribution >= 4 is 12.2 Å². The van der Waals surface area contributed by atoms with Gasteiger partial charge in [-0.1, -0.05) is 0 Å². The maximum atomic E-state index is 8.67. The number of aromatic nitrogens is 4. The van der Waals surface area contributed by atoms with Crippen LogP contribution in [0.1, 0.15) is 12.5 Å². The van der Waals surface area contributed by atoms with Crippen molar-refractivity contribution in [3.05, 3.63) is 28.7 Å². The van der Waals surface area contributed by atoms with Crippen molar-refractivity contribution in [2.24, 2.45) is 0 Å². The Kier molecular flexibility index (Phi) is 2.79. The molecular weight excluding hydrogens is 222 g/mol. The molecule has 0 aliphatic heterocycles. The zero-order valence-electron chi connectivity index (χ0n) is 8.64. The maximum Gasteiger partial charge on any atom is 0.195 e. The second kappa shape index (κ2) is 4.24. The molecule has 0 spiro atoms. The van der Waals surface area contributed by atoms with Gasteiger partial charge in [0.15, 0.2) is 10.6 Å². The van der Waals surface area contributed by atoms with Crippen LogP contribution in [0.15, 0.2) is 18.3 Å². The van der Waals surface area contributed by atoms with Crippen LogP contribution >= 0.6 is 12.2 Å². The van der Waals surface area contributed by atoms with Gasteiger partial charge in [-0.2, -0.15) is 10.4 Å². The van der Waals surface area contributed by atoms with Crippen molar-refractivity contribution in [2.75, 3.05) is 0 Å². The molecule has 2 rings (SSSR count). The SMILES string of the molecule is CCn1c(-c2ccc(C#N)cn2)n[nH]c1=S. The normalized spacial score (nSPS) is 10.0. The Morgan fingerprint density at radius 2 is 2.38 bits per heavy atom. The lowest BCUT2D eigenvalue weighted by molar-refractivity contribution is 0.753. The van der Waals surface area contributed by atoms with Gasteiger partial charge < -0.3 is 0 Å². The molecule has 0 aliphatic rings. The summed E-state index contributed by atoms with van der Waals surface area (Å²) in [6, 6.07) is 5.49. The smallest absolute Gasteiger partial charge is 0.195 e. The average Bonchev–Trinajstić information content (AvgIpc) is 2.70.